The van der Waals surface area contributed by atoms with Gasteiger partial charge in [-0.3, -0.25) is 4.90 Å². The second-order valence-electron chi connectivity index (χ2n) is 5.29. The summed E-state index contributed by atoms with van der Waals surface area (Å²) in [6.07, 6.45) is -3.35. The number of aliphatic hydroxyl groups is 1. The van der Waals surface area contributed by atoms with Crippen LogP contribution in [0.5, 0.6) is 0 Å². The smallest absolute Gasteiger partial charge is 0.391 e. The van der Waals surface area contributed by atoms with Crippen molar-refractivity contribution in [2.24, 2.45) is 11.8 Å². The molecule has 17 heavy (non-hydrogen) atoms. The summed E-state index contributed by atoms with van der Waals surface area (Å²) in [7, 11) is 0. The van der Waals surface area contributed by atoms with Gasteiger partial charge in [0.05, 0.1) is 12.6 Å². The molecule has 0 bridgehead atoms. The van der Waals surface area contributed by atoms with E-state index in [-0.39, 0.29) is 12.0 Å². The van der Waals surface area contributed by atoms with Crippen molar-refractivity contribution in [1.82, 2.24) is 4.90 Å². The molecular formula is C12H22F3NO. The highest BCUT2D eigenvalue weighted by Gasteiger charge is 2.40. The van der Waals surface area contributed by atoms with Crippen LogP contribution in [0.1, 0.15) is 33.6 Å². The van der Waals surface area contributed by atoms with Crippen molar-refractivity contribution in [3.63, 3.8) is 0 Å². The number of nitrogens with zero attached hydrogens (tertiary/aromatic N) is 1. The third-order valence-corrected chi connectivity index (χ3v) is 3.61. The van der Waals surface area contributed by atoms with Crippen molar-refractivity contribution in [3.05, 3.63) is 0 Å². The minimum absolute atomic E-state index is 0.107. The standard InChI is InChI=1S/C12H22F3NO/c1-4-16(7-12(13,14)15)11-9(3)5-8(2)6-10(11)17/h8-11,17H,4-7H2,1-3H3. The first kappa shape index (κ1) is 14.8. The van der Waals surface area contributed by atoms with Gasteiger partial charge in [-0.15, -0.1) is 0 Å². The van der Waals surface area contributed by atoms with Gasteiger partial charge in [-0.25, -0.2) is 0 Å². The van der Waals surface area contributed by atoms with Crippen LogP contribution in [-0.4, -0.2) is 41.4 Å². The molecule has 0 heterocycles. The quantitative estimate of drug-likeness (QED) is 0.836. The van der Waals surface area contributed by atoms with Gasteiger partial charge in [0.1, 0.15) is 0 Å². The highest BCUT2D eigenvalue weighted by molar-refractivity contribution is 4.90. The minimum Gasteiger partial charge on any atom is -0.391 e. The third kappa shape index (κ3) is 4.14. The van der Waals surface area contributed by atoms with Crippen molar-refractivity contribution in [3.8, 4) is 0 Å². The van der Waals surface area contributed by atoms with E-state index < -0.39 is 18.8 Å². The molecule has 1 aliphatic carbocycles. The molecule has 1 fully saturated rings. The van der Waals surface area contributed by atoms with E-state index in [9.17, 15) is 18.3 Å². The molecule has 1 rings (SSSR count). The molecule has 102 valence electrons. The van der Waals surface area contributed by atoms with E-state index in [0.29, 0.717) is 18.9 Å². The average Bonchev–Trinajstić information content (AvgIpc) is 2.12. The molecule has 4 unspecified atom stereocenters. The lowest BCUT2D eigenvalue weighted by Gasteiger charge is -2.43. The molecule has 0 spiro atoms. The molecular weight excluding hydrogens is 231 g/mol. The van der Waals surface area contributed by atoms with Crippen LogP contribution in [0, 0.1) is 11.8 Å². The van der Waals surface area contributed by atoms with Crippen LogP contribution in [0.3, 0.4) is 0 Å². The fraction of sp³-hybridized carbons (Fsp3) is 1.00. The van der Waals surface area contributed by atoms with Crippen molar-refractivity contribution >= 4 is 0 Å². The fourth-order valence-electron chi connectivity index (χ4n) is 3.06. The first-order chi connectivity index (χ1) is 7.74. The first-order valence-corrected chi connectivity index (χ1v) is 6.23. The zero-order valence-electron chi connectivity index (χ0n) is 10.7. The number of hydrogen-bond donors (Lipinski definition) is 1. The van der Waals surface area contributed by atoms with Crippen LogP contribution in [0.15, 0.2) is 0 Å². The summed E-state index contributed by atoms with van der Waals surface area (Å²) in [5, 5.41) is 10.00. The summed E-state index contributed by atoms with van der Waals surface area (Å²) >= 11 is 0. The van der Waals surface area contributed by atoms with Crippen LogP contribution >= 0.6 is 0 Å². The van der Waals surface area contributed by atoms with E-state index in [1.54, 1.807) is 6.92 Å². The maximum atomic E-state index is 12.5. The van der Waals surface area contributed by atoms with E-state index in [1.165, 1.54) is 4.90 Å². The predicted molar refractivity (Wildman–Crippen MR) is 60.7 cm³/mol. The van der Waals surface area contributed by atoms with Crippen LogP contribution in [0.4, 0.5) is 13.2 Å². The summed E-state index contributed by atoms with van der Waals surface area (Å²) in [4.78, 5) is 1.36. The van der Waals surface area contributed by atoms with Gasteiger partial charge in [0, 0.05) is 6.04 Å². The monoisotopic (exact) mass is 253 g/mol. The molecule has 0 aliphatic heterocycles. The lowest BCUT2D eigenvalue weighted by atomic mass is 9.77. The van der Waals surface area contributed by atoms with Gasteiger partial charge in [0.2, 0.25) is 0 Å². The summed E-state index contributed by atoms with van der Waals surface area (Å²) in [6.45, 7) is 5.08. The van der Waals surface area contributed by atoms with E-state index in [4.69, 9.17) is 0 Å². The van der Waals surface area contributed by atoms with Crippen LogP contribution in [0.2, 0.25) is 0 Å². The lowest BCUT2D eigenvalue weighted by molar-refractivity contribution is -0.161. The van der Waals surface area contributed by atoms with Crippen molar-refractivity contribution < 1.29 is 18.3 Å². The summed E-state index contributed by atoms with van der Waals surface area (Å²) in [5.41, 5.74) is 0. The SMILES string of the molecule is CCN(CC(F)(F)F)C1C(C)CC(C)CC1O. The molecule has 2 nitrogen and oxygen atoms in total. The van der Waals surface area contributed by atoms with Gasteiger partial charge in [-0.1, -0.05) is 20.8 Å². The lowest BCUT2D eigenvalue weighted by Crippen LogP contribution is -2.53. The summed E-state index contributed by atoms with van der Waals surface area (Å²) < 4.78 is 37.4. The number of aliphatic hydroxyl groups excluding tert-OH is 1. The van der Waals surface area contributed by atoms with Gasteiger partial charge >= 0.3 is 6.18 Å². The maximum absolute atomic E-state index is 12.5. The second kappa shape index (κ2) is 5.57. The average molecular weight is 253 g/mol. The fourth-order valence-corrected chi connectivity index (χ4v) is 3.06. The van der Waals surface area contributed by atoms with Gasteiger partial charge < -0.3 is 5.11 Å². The van der Waals surface area contributed by atoms with Crippen LogP contribution in [0.25, 0.3) is 0 Å². The molecule has 4 atom stereocenters. The summed E-state index contributed by atoms with van der Waals surface area (Å²) in [6, 6.07) is -0.363. The zero-order chi connectivity index (χ0) is 13.2. The van der Waals surface area contributed by atoms with Crippen molar-refractivity contribution in [1.29, 1.82) is 0 Å². The van der Waals surface area contributed by atoms with Crippen LogP contribution < -0.4 is 0 Å². The number of halogens is 3. The van der Waals surface area contributed by atoms with Crippen LogP contribution in [-0.2, 0) is 0 Å². The molecule has 1 saturated carbocycles. The number of rotatable bonds is 3. The molecule has 5 heteroatoms. The van der Waals surface area contributed by atoms with Gasteiger partial charge in [-0.05, 0) is 31.2 Å². The Hall–Kier alpha value is -0.290. The van der Waals surface area contributed by atoms with E-state index in [1.807, 2.05) is 13.8 Å². The molecule has 1 N–H and O–H groups in total. The molecule has 0 aromatic carbocycles. The number of alkyl halides is 3. The van der Waals surface area contributed by atoms with Gasteiger partial charge in [0.25, 0.3) is 0 Å². The van der Waals surface area contributed by atoms with Gasteiger partial charge in [0.15, 0.2) is 0 Å². The highest BCUT2D eigenvalue weighted by atomic mass is 19.4. The van der Waals surface area contributed by atoms with E-state index >= 15 is 0 Å². The largest absolute Gasteiger partial charge is 0.401 e. The summed E-state index contributed by atoms with van der Waals surface area (Å²) in [5.74, 6) is 0.497. The van der Waals surface area contributed by atoms with Crippen molar-refractivity contribution in [2.75, 3.05) is 13.1 Å². The Kier molecular flexibility index (Phi) is 4.84. The Balaban J connectivity index is 2.73. The van der Waals surface area contributed by atoms with E-state index in [2.05, 4.69) is 0 Å². The maximum Gasteiger partial charge on any atom is 0.401 e. The predicted octanol–water partition coefficient (Wildman–Crippen LogP) is 2.67. The zero-order valence-corrected chi connectivity index (χ0v) is 10.7. The third-order valence-electron chi connectivity index (χ3n) is 3.61. The Morgan fingerprint density at radius 1 is 1.24 bits per heavy atom. The molecule has 0 aromatic heterocycles. The molecule has 0 saturated heterocycles. The Bertz CT molecular complexity index is 232. The molecule has 0 amide bonds. The number of likely N-dealkylation sites (N-methyl/N-ethyl adjacent to an activating group) is 1. The second-order valence-corrected chi connectivity index (χ2v) is 5.29. The highest BCUT2D eigenvalue weighted by Crippen LogP contribution is 2.33. The van der Waals surface area contributed by atoms with Crippen molar-refractivity contribution in [2.45, 2.75) is 51.9 Å². The molecule has 0 radical (unpaired) electrons. The van der Waals surface area contributed by atoms with Gasteiger partial charge in [-0.2, -0.15) is 13.2 Å². The molecule has 1 aliphatic rings. The normalized spacial score (nSPS) is 35.3. The Morgan fingerprint density at radius 2 is 1.82 bits per heavy atom. The first-order valence-electron chi connectivity index (χ1n) is 6.23. The minimum atomic E-state index is -4.20. The topological polar surface area (TPSA) is 23.5 Å². The van der Waals surface area contributed by atoms with E-state index in [0.717, 1.165) is 6.42 Å². The Morgan fingerprint density at radius 3 is 2.24 bits per heavy atom. The Labute approximate surface area is 101 Å². The number of hydrogen-bond acceptors (Lipinski definition) is 2. The molecule has 0 aromatic rings.